The minimum atomic E-state index is 0.276. The second-order valence-corrected chi connectivity index (χ2v) is 14.6. The van der Waals surface area contributed by atoms with Crippen LogP contribution in [0.25, 0.3) is 0 Å². The summed E-state index contributed by atoms with van der Waals surface area (Å²) >= 11 is 0. The molecule has 0 radical (unpaired) electrons. The summed E-state index contributed by atoms with van der Waals surface area (Å²) in [4.78, 5) is 4.58. The van der Waals surface area contributed by atoms with Crippen molar-refractivity contribution in [3.05, 3.63) is 11.6 Å². The first-order valence-electron chi connectivity index (χ1n) is 20.6. The van der Waals surface area contributed by atoms with Gasteiger partial charge < -0.3 is 5.73 Å². The van der Waals surface area contributed by atoms with Gasteiger partial charge in [0.25, 0.3) is 0 Å². The van der Waals surface area contributed by atoms with Crippen LogP contribution in [0.15, 0.2) is 16.6 Å². The van der Waals surface area contributed by atoms with Crippen LogP contribution in [-0.4, -0.2) is 11.9 Å². The van der Waals surface area contributed by atoms with Gasteiger partial charge in [-0.25, -0.2) is 0 Å². The zero-order chi connectivity index (χ0) is 32.2. The topological polar surface area (TPSA) is 38.4 Å². The molecule has 0 unspecified atom stereocenters. The summed E-state index contributed by atoms with van der Waals surface area (Å²) in [6, 6.07) is 0.276. The van der Waals surface area contributed by atoms with E-state index < -0.39 is 0 Å². The standard InChI is InChI=1S/C42H84N2/c1-5-7-9-11-13-15-17-19-21-23-25-27-29-31-33-35-37-41(39-42(43)44-40(3)4)38-36-34-32-30-28-26-24-22-20-18-16-14-12-10-8-6-2/h39-40H,5-38H2,1-4H3,(H2,43,44). The molecule has 2 N–H and O–H groups in total. The SMILES string of the molecule is CCCCCCCCCCCCCCCCCCC(=CC(N)=NC(C)C)CCCCCCCCCCCCCCCCCC. The largest absolute Gasteiger partial charge is 0.384 e. The van der Waals surface area contributed by atoms with E-state index in [0.717, 1.165) is 5.84 Å². The maximum atomic E-state index is 6.27. The van der Waals surface area contributed by atoms with Crippen LogP contribution in [-0.2, 0) is 0 Å². The zero-order valence-electron chi connectivity index (χ0n) is 31.2. The molecule has 2 heteroatoms. The molecule has 0 atom stereocenters. The molecule has 0 saturated heterocycles. The second-order valence-electron chi connectivity index (χ2n) is 14.6. The Balaban J connectivity index is 3.80. The van der Waals surface area contributed by atoms with E-state index in [0.29, 0.717) is 0 Å². The van der Waals surface area contributed by atoms with E-state index >= 15 is 0 Å². The number of nitrogens with two attached hydrogens (primary N) is 1. The Morgan fingerprint density at radius 2 is 0.636 bits per heavy atom. The van der Waals surface area contributed by atoms with Crippen LogP contribution < -0.4 is 5.73 Å². The summed E-state index contributed by atoms with van der Waals surface area (Å²) in [7, 11) is 0. The molecule has 0 heterocycles. The molecule has 0 bridgehead atoms. The van der Waals surface area contributed by atoms with Crippen LogP contribution in [0.4, 0.5) is 0 Å². The average molecular weight is 617 g/mol. The number of aliphatic imine (C=N–C) groups is 1. The van der Waals surface area contributed by atoms with E-state index in [4.69, 9.17) is 5.73 Å². The van der Waals surface area contributed by atoms with Crippen LogP contribution >= 0.6 is 0 Å². The van der Waals surface area contributed by atoms with Crippen molar-refractivity contribution in [2.75, 3.05) is 0 Å². The lowest BCUT2D eigenvalue weighted by Gasteiger charge is -2.09. The monoisotopic (exact) mass is 617 g/mol. The van der Waals surface area contributed by atoms with Crippen LogP contribution in [0.2, 0.25) is 0 Å². The smallest absolute Gasteiger partial charge is 0.118 e. The number of rotatable bonds is 36. The number of nitrogens with zero attached hydrogens (tertiary/aromatic N) is 1. The van der Waals surface area contributed by atoms with Crippen molar-refractivity contribution in [1.29, 1.82) is 0 Å². The lowest BCUT2D eigenvalue weighted by Crippen LogP contribution is -2.12. The van der Waals surface area contributed by atoms with E-state index in [1.807, 2.05) is 0 Å². The fourth-order valence-electron chi connectivity index (χ4n) is 6.61. The van der Waals surface area contributed by atoms with Gasteiger partial charge in [0.15, 0.2) is 0 Å². The van der Waals surface area contributed by atoms with Gasteiger partial charge in [-0.05, 0) is 45.6 Å². The van der Waals surface area contributed by atoms with Crippen LogP contribution in [0.3, 0.4) is 0 Å². The number of amidine groups is 1. The Kier molecular flexibility index (Phi) is 36.0. The van der Waals surface area contributed by atoms with Crippen molar-refractivity contribution in [2.45, 2.75) is 252 Å². The van der Waals surface area contributed by atoms with E-state index in [1.165, 1.54) is 218 Å². The molecule has 44 heavy (non-hydrogen) atoms. The van der Waals surface area contributed by atoms with Crippen molar-refractivity contribution in [3.8, 4) is 0 Å². The number of hydrogen-bond acceptors (Lipinski definition) is 1. The van der Waals surface area contributed by atoms with Gasteiger partial charge in [-0.2, -0.15) is 0 Å². The summed E-state index contributed by atoms with van der Waals surface area (Å²) < 4.78 is 0. The fourth-order valence-corrected chi connectivity index (χ4v) is 6.61. The highest BCUT2D eigenvalue weighted by molar-refractivity contribution is 5.92. The third-order valence-electron chi connectivity index (χ3n) is 9.46. The molecular formula is C42H84N2. The molecule has 0 rings (SSSR count). The Morgan fingerprint density at radius 1 is 0.409 bits per heavy atom. The second kappa shape index (κ2) is 36.7. The highest BCUT2D eigenvalue weighted by Gasteiger charge is 2.03. The quantitative estimate of drug-likeness (QED) is 0.0424. The molecule has 0 fully saturated rings. The molecule has 0 aromatic heterocycles. The zero-order valence-corrected chi connectivity index (χ0v) is 31.2. The van der Waals surface area contributed by atoms with E-state index in [9.17, 15) is 0 Å². The van der Waals surface area contributed by atoms with Crippen molar-refractivity contribution < 1.29 is 0 Å². The van der Waals surface area contributed by atoms with Crippen molar-refractivity contribution in [3.63, 3.8) is 0 Å². The minimum Gasteiger partial charge on any atom is -0.384 e. The highest BCUT2D eigenvalue weighted by atomic mass is 14.9. The van der Waals surface area contributed by atoms with E-state index in [-0.39, 0.29) is 6.04 Å². The summed E-state index contributed by atoms with van der Waals surface area (Å²) in [5.74, 6) is 0.739. The molecule has 0 aliphatic rings. The molecule has 0 aromatic carbocycles. The predicted octanol–water partition coefficient (Wildman–Crippen LogP) is 15.0. The first kappa shape index (κ1) is 43.2. The summed E-state index contributed by atoms with van der Waals surface area (Å²) in [5, 5.41) is 0. The van der Waals surface area contributed by atoms with Gasteiger partial charge in [-0.1, -0.05) is 212 Å². The van der Waals surface area contributed by atoms with Crippen molar-refractivity contribution in [1.82, 2.24) is 0 Å². The fraction of sp³-hybridized carbons (Fsp3) is 0.929. The predicted molar refractivity (Wildman–Crippen MR) is 203 cm³/mol. The van der Waals surface area contributed by atoms with Gasteiger partial charge in [0.05, 0.1) is 0 Å². The van der Waals surface area contributed by atoms with E-state index in [2.05, 4.69) is 38.8 Å². The molecular weight excluding hydrogens is 532 g/mol. The molecule has 0 saturated carbocycles. The molecule has 0 aliphatic carbocycles. The lowest BCUT2D eigenvalue weighted by atomic mass is 9.98. The van der Waals surface area contributed by atoms with Crippen LogP contribution in [0.5, 0.6) is 0 Å². The number of hydrogen-bond donors (Lipinski definition) is 1. The van der Waals surface area contributed by atoms with Crippen molar-refractivity contribution in [2.24, 2.45) is 10.7 Å². The molecule has 0 aromatic rings. The van der Waals surface area contributed by atoms with E-state index in [1.54, 1.807) is 5.57 Å². The Bertz CT molecular complexity index is 567. The number of allylic oxidation sites excluding steroid dienone is 1. The van der Waals surface area contributed by atoms with Gasteiger partial charge >= 0.3 is 0 Å². The third kappa shape index (κ3) is 35.7. The van der Waals surface area contributed by atoms with Gasteiger partial charge in [0, 0.05) is 6.04 Å². The molecule has 0 amide bonds. The Hall–Kier alpha value is -0.790. The molecule has 0 aliphatic heterocycles. The van der Waals surface area contributed by atoms with Crippen LogP contribution in [0.1, 0.15) is 246 Å². The van der Waals surface area contributed by atoms with Gasteiger partial charge in [0.1, 0.15) is 5.84 Å². The highest BCUT2D eigenvalue weighted by Crippen LogP contribution is 2.20. The lowest BCUT2D eigenvalue weighted by molar-refractivity contribution is 0.526. The van der Waals surface area contributed by atoms with Gasteiger partial charge in [-0.3, -0.25) is 4.99 Å². The van der Waals surface area contributed by atoms with Crippen molar-refractivity contribution >= 4 is 5.84 Å². The van der Waals surface area contributed by atoms with Gasteiger partial charge in [-0.15, -0.1) is 0 Å². The molecule has 0 spiro atoms. The Labute approximate surface area is 279 Å². The maximum absolute atomic E-state index is 6.27. The van der Waals surface area contributed by atoms with Crippen LogP contribution in [0, 0.1) is 0 Å². The minimum absolute atomic E-state index is 0.276. The number of unbranched alkanes of at least 4 members (excludes halogenated alkanes) is 30. The maximum Gasteiger partial charge on any atom is 0.118 e. The Morgan fingerprint density at radius 3 is 0.864 bits per heavy atom. The average Bonchev–Trinajstić information content (AvgIpc) is 3.00. The summed E-state index contributed by atoms with van der Waals surface area (Å²) in [5.41, 5.74) is 7.82. The summed E-state index contributed by atoms with van der Waals surface area (Å²) in [6.07, 6.45) is 50.4. The first-order chi connectivity index (χ1) is 21.6. The van der Waals surface area contributed by atoms with Gasteiger partial charge in [0.2, 0.25) is 0 Å². The molecule has 262 valence electrons. The third-order valence-corrected chi connectivity index (χ3v) is 9.46. The first-order valence-corrected chi connectivity index (χ1v) is 20.6. The normalized spacial score (nSPS) is 12.0. The summed E-state index contributed by atoms with van der Waals surface area (Å²) in [6.45, 7) is 8.84. The molecule has 2 nitrogen and oxygen atoms in total.